The van der Waals surface area contributed by atoms with Crippen molar-refractivity contribution in [3.05, 3.63) is 89.8 Å². The number of imidazole rings is 1. The molecule has 1 amide bonds. The molecule has 3 heterocycles. The Labute approximate surface area is 174 Å². The number of pyridine rings is 1. The molecule has 30 heavy (non-hydrogen) atoms. The van der Waals surface area contributed by atoms with Gasteiger partial charge >= 0.3 is 0 Å². The van der Waals surface area contributed by atoms with Crippen molar-refractivity contribution >= 4 is 17.4 Å². The fourth-order valence-electron chi connectivity index (χ4n) is 3.73. The number of ketones is 1. The smallest absolute Gasteiger partial charge is 0.295 e. The number of carbonyl (C=O) groups excluding carboxylic acids is 2. The fraction of sp³-hybridized carbons (Fsp3) is 0.217. The number of aryl methyl sites for hydroxylation is 2. The Hall–Kier alpha value is -3.74. The molecule has 1 aliphatic rings. The number of H-pyrrole nitrogens is 1. The third-order valence-electron chi connectivity index (χ3n) is 5.26. The van der Waals surface area contributed by atoms with Gasteiger partial charge < -0.3 is 10.0 Å². The van der Waals surface area contributed by atoms with Crippen LogP contribution < -0.4 is 9.67 Å². The number of Topliss-reactive ketones (excluding diaryl/α,β-unsaturated/α-hetero) is 1. The molecule has 1 aliphatic heterocycles. The third-order valence-corrected chi connectivity index (χ3v) is 5.26. The van der Waals surface area contributed by atoms with Gasteiger partial charge in [0, 0.05) is 30.9 Å². The molecular formula is C23H22N4O3. The number of rotatable bonds is 6. The number of carbonyl (C=O) groups is 2. The van der Waals surface area contributed by atoms with E-state index in [0.29, 0.717) is 30.6 Å². The van der Waals surface area contributed by atoms with Crippen LogP contribution >= 0.6 is 0 Å². The predicted octanol–water partition coefficient (Wildman–Crippen LogP) is 1.32. The first-order valence-electron chi connectivity index (χ1n) is 9.81. The second-order valence-corrected chi connectivity index (χ2v) is 7.33. The van der Waals surface area contributed by atoms with Crippen LogP contribution in [0.15, 0.2) is 73.1 Å². The summed E-state index contributed by atoms with van der Waals surface area (Å²) >= 11 is 0. The van der Waals surface area contributed by atoms with E-state index in [4.69, 9.17) is 0 Å². The van der Waals surface area contributed by atoms with E-state index in [-0.39, 0.29) is 5.57 Å². The molecule has 0 aliphatic carbocycles. The van der Waals surface area contributed by atoms with Gasteiger partial charge in [-0.2, -0.15) is 0 Å². The zero-order chi connectivity index (χ0) is 21.1. The van der Waals surface area contributed by atoms with Gasteiger partial charge in [0.25, 0.3) is 5.91 Å². The topological polar surface area (TPSA) is 93.0 Å². The highest BCUT2D eigenvalue weighted by Gasteiger charge is 2.44. The van der Waals surface area contributed by atoms with Crippen molar-refractivity contribution in [1.82, 2.24) is 14.9 Å². The van der Waals surface area contributed by atoms with Crippen molar-refractivity contribution in [3.63, 3.8) is 0 Å². The van der Waals surface area contributed by atoms with Crippen LogP contribution in [-0.4, -0.2) is 33.1 Å². The van der Waals surface area contributed by atoms with Crippen LogP contribution in [0.25, 0.3) is 5.76 Å². The maximum Gasteiger partial charge on any atom is 0.295 e. The molecule has 152 valence electrons. The number of amides is 1. The van der Waals surface area contributed by atoms with Crippen LogP contribution in [-0.2, 0) is 16.1 Å². The first-order chi connectivity index (χ1) is 14.6. The van der Waals surface area contributed by atoms with Crippen LogP contribution in [0, 0.1) is 6.92 Å². The van der Waals surface area contributed by atoms with Gasteiger partial charge in [-0.05, 0) is 24.1 Å². The third kappa shape index (κ3) is 3.74. The Morgan fingerprint density at radius 1 is 1.23 bits per heavy atom. The van der Waals surface area contributed by atoms with Crippen molar-refractivity contribution in [2.45, 2.75) is 25.9 Å². The summed E-state index contributed by atoms with van der Waals surface area (Å²) in [5.74, 6) is -1.79. The SMILES string of the molecule is Cc1ccc(/C([O-])=C2\C(=O)C(=O)N(CCC[n+]3cc[nH]c3)C2c2cccnc2)cc1. The number of nitrogens with zero attached hydrogens (tertiary/aromatic N) is 3. The lowest BCUT2D eigenvalue weighted by Gasteiger charge is -2.27. The summed E-state index contributed by atoms with van der Waals surface area (Å²) in [5, 5.41) is 13.2. The minimum atomic E-state index is -0.733. The molecule has 4 rings (SSSR count). The van der Waals surface area contributed by atoms with Gasteiger partial charge in [-0.3, -0.25) is 19.6 Å². The number of hydrogen-bond acceptors (Lipinski definition) is 4. The second kappa shape index (κ2) is 8.32. The van der Waals surface area contributed by atoms with Crippen molar-refractivity contribution in [2.75, 3.05) is 6.54 Å². The van der Waals surface area contributed by atoms with Crippen LogP contribution in [0.1, 0.15) is 29.2 Å². The summed E-state index contributed by atoms with van der Waals surface area (Å²) in [6.45, 7) is 2.96. The predicted molar refractivity (Wildman–Crippen MR) is 107 cm³/mol. The molecule has 3 aromatic rings. The number of nitrogens with one attached hydrogen (secondary N) is 1. The quantitative estimate of drug-likeness (QED) is 0.291. The zero-order valence-electron chi connectivity index (χ0n) is 16.6. The summed E-state index contributed by atoms with van der Waals surface area (Å²) in [6, 6.07) is 9.82. The van der Waals surface area contributed by atoms with Crippen molar-refractivity contribution < 1.29 is 19.3 Å². The number of aromatic amines is 1. The van der Waals surface area contributed by atoms with Crippen LogP contribution in [0.3, 0.4) is 0 Å². The lowest BCUT2D eigenvalue weighted by molar-refractivity contribution is -0.695. The molecule has 7 nitrogen and oxygen atoms in total. The van der Waals surface area contributed by atoms with Gasteiger partial charge in [-0.25, -0.2) is 4.57 Å². The van der Waals surface area contributed by atoms with Gasteiger partial charge in [-0.15, -0.1) is 0 Å². The number of benzene rings is 1. The number of aromatic nitrogens is 3. The first kappa shape index (κ1) is 19.6. The van der Waals surface area contributed by atoms with E-state index in [1.54, 1.807) is 36.7 Å². The van der Waals surface area contributed by atoms with Crippen LogP contribution in [0.2, 0.25) is 0 Å². The van der Waals surface area contributed by atoms with E-state index in [9.17, 15) is 14.7 Å². The molecular weight excluding hydrogens is 380 g/mol. The Kier molecular flexibility index (Phi) is 5.43. The molecule has 1 atom stereocenters. The zero-order valence-corrected chi connectivity index (χ0v) is 16.6. The Balaban J connectivity index is 1.71. The van der Waals surface area contributed by atoms with Crippen LogP contribution in [0.5, 0.6) is 0 Å². The maximum atomic E-state index is 13.2. The van der Waals surface area contributed by atoms with Gasteiger partial charge in [0.2, 0.25) is 12.1 Å². The van der Waals surface area contributed by atoms with Gasteiger partial charge in [-0.1, -0.05) is 41.7 Å². The molecule has 1 unspecified atom stereocenters. The number of hydrogen-bond donors (Lipinski definition) is 1. The van der Waals surface area contributed by atoms with E-state index in [1.165, 1.54) is 4.90 Å². The Morgan fingerprint density at radius 2 is 2.03 bits per heavy atom. The monoisotopic (exact) mass is 402 g/mol. The molecule has 1 saturated heterocycles. The molecule has 7 heteroatoms. The molecule has 1 fully saturated rings. The summed E-state index contributed by atoms with van der Waals surface area (Å²) in [7, 11) is 0. The van der Waals surface area contributed by atoms with E-state index in [2.05, 4.69) is 9.97 Å². The van der Waals surface area contributed by atoms with Gasteiger partial charge in [0.1, 0.15) is 12.4 Å². The average molecular weight is 402 g/mol. The lowest BCUT2D eigenvalue weighted by atomic mass is 9.96. The number of likely N-dealkylation sites (tertiary alicyclic amines) is 1. The molecule has 0 radical (unpaired) electrons. The fourth-order valence-corrected chi connectivity index (χ4v) is 3.73. The Morgan fingerprint density at radius 3 is 2.70 bits per heavy atom. The largest absolute Gasteiger partial charge is 0.872 e. The molecule has 0 bridgehead atoms. The molecule has 1 aromatic carbocycles. The molecule has 0 spiro atoms. The summed E-state index contributed by atoms with van der Waals surface area (Å²) in [6.07, 6.45) is 9.41. The van der Waals surface area contributed by atoms with Crippen molar-refractivity contribution in [3.8, 4) is 0 Å². The molecule has 0 saturated carbocycles. The van der Waals surface area contributed by atoms with E-state index >= 15 is 0 Å². The highest BCUT2D eigenvalue weighted by atomic mass is 16.3. The molecule has 1 N–H and O–H groups in total. The first-order valence-corrected chi connectivity index (χ1v) is 9.81. The Bertz CT molecular complexity index is 1070. The highest BCUT2D eigenvalue weighted by Crippen LogP contribution is 2.38. The van der Waals surface area contributed by atoms with E-state index in [0.717, 1.165) is 5.56 Å². The minimum Gasteiger partial charge on any atom is -0.872 e. The summed E-state index contributed by atoms with van der Waals surface area (Å²) < 4.78 is 1.96. The van der Waals surface area contributed by atoms with Gasteiger partial charge in [0.05, 0.1) is 12.6 Å². The second-order valence-electron chi connectivity index (χ2n) is 7.33. The van der Waals surface area contributed by atoms with E-state index in [1.807, 2.05) is 42.3 Å². The van der Waals surface area contributed by atoms with Gasteiger partial charge in [0.15, 0.2) is 0 Å². The lowest BCUT2D eigenvalue weighted by Crippen LogP contribution is -2.36. The molecule has 2 aromatic heterocycles. The van der Waals surface area contributed by atoms with Crippen LogP contribution in [0.4, 0.5) is 0 Å². The van der Waals surface area contributed by atoms with Crippen molar-refractivity contribution in [2.24, 2.45) is 0 Å². The normalized spacial score (nSPS) is 18.2. The maximum absolute atomic E-state index is 13.2. The average Bonchev–Trinajstić information content (AvgIpc) is 3.37. The van der Waals surface area contributed by atoms with E-state index < -0.39 is 23.5 Å². The summed E-state index contributed by atoms with van der Waals surface area (Å²) in [5.41, 5.74) is 2.06. The minimum absolute atomic E-state index is 0.00819. The van der Waals surface area contributed by atoms with Crippen molar-refractivity contribution in [1.29, 1.82) is 0 Å². The standard InChI is InChI=1S/C23H22N4O3/c1-16-5-7-17(8-6-16)21(28)19-20(18-4-2-9-24-14-18)27(23(30)22(19)29)12-3-11-26-13-10-25-15-26/h2,4-10,13-15,20H,3,11-12H2,1H3,(H,28,29). The summed E-state index contributed by atoms with van der Waals surface area (Å²) in [4.78, 5) is 34.3. The highest BCUT2D eigenvalue weighted by molar-refractivity contribution is 6.46.